The molecular formula is C9H16N4O2S. The third-order valence-electron chi connectivity index (χ3n) is 1.51. The van der Waals surface area contributed by atoms with E-state index in [1.54, 1.807) is 20.8 Å². The number of hydrogen-bond acceptors (Lipinski definition) is 4. The van der Waals surface area contributed by atoms with E-state index in [0.29, 0.717) is 0 Å². The molecule has 0 aliphatic rings. The molecule has 4 N–H and O–H groups in total. The zero-order valence-electron chi connectivity index (χ0n) is 9.51. The lowest BCUT2D eigenvalue weighted by atomic mass is 9.96. The molecule has 0 bridgehead atoms. The fourth-order valence-electron chi connectivity index (χ4n) is 0.592. The second kappa shape index (κ2) is 6.16. The number of thiocarbonyl (C=S) groups is 1. The van der Waals surface area contributed by atoms with Gasteiger partial charge in [-0.25, -0.2) is 0 Å². The zero-order valence-corrected chi connectivity index (χ0v) is 10.3. The van der Waals surface area contributed by atoms with Gasteiger partial charge >= 0.3 is 0 Å². The summed E-state index contributed by atoms with van der Waals surface area (Å²) in [5.74, 6) is -0.645. The summed E-state index contributed by atoms with van der Waals surface area (Å²) in [7, 11) is 0. The van der Waals surface area contributed by atoms with Crippen molar-refractivity contribution >= 4 is 35.4 Å². The van der Waals surface area contributed by atoms with Gasteiger partial charge in [0.2, 0.25) is 11.8 Å². The molecule has 0 aliphatic heterocycles. The van der Waals surface area contributed by atoms with E-state index in [-0.39, 0.29) is 17.4 Å². The maximum Gasteiger partial charge on any atom is 0.243 e. The normalized spacial score (nSPS) is 10.2. The summed E-state index contributed by atoms with van der Waals surface area (Å²) in [5.41, 5.74) is 4.06. The van der Waals surface area contributed by atoms with Crippen molar-refractivity contribution in [2.24, 2.45) is 5.41 Å². The highest BCUT2D eigenvalue weighted by Crippen LogP contribution is 2.11. The van der Waals surface area contributed by atoms with Gasteiger partial charge in [-0.2, -0.15) is 0 Å². The molecule has 0 aromatic heterocycles. The Balaban J connectivity index is 3.97. The molecule has 0 saturated carbocycles. The molecule has 0 aliphatic carbocycles. The van der Waals surface area contributed by atoms with Gasteiger partial charge in [0.1, 0.15) is 0 Å². The number of nitrogens with one attached hydrogen (secondary N) is 4. The summed E-state index contributed by atoms with van der Waals surface area (Å²) in [6.07, 6.45) is 0.927. The minimum absolute atomic E-state index is 0.0262. The van der Waals surface area contributed by atoms with Gasteiger partial charge < -0.3 is 10.7 Å². The number of rotatable bonds is 2. The number of carbonyl (C=O) groups is 2. The van der Waals surface area contributed by atoms with Gasteiger partial charge in [-0.15, -0.1) is 0 Å². The molecule has 0 heterocycles. The van der Waals surface area contributed by atoms with Gasteiger partial charge in [0.25, 0.3) is 0 Å². The van der Waals surface area contributed by atoms with Crippen LogP contribution in [0.4, 0.5) is 0 Å². The molecule has 6 nitrogen and oxygen atoms in total. The number of hydrazine groups is 1. The van der Waals surface area contributed by atoms with E-state index in [2.05, 4.69) is 16.2 Å². The minimum Gasteiger partial charge on any atom is -0.313 e. The highest BCUT2D eigenvalue weighted by molar-refractivity contribution is 7.80. The van der Waals surface area contributed by atoms with E-state index >= 15 is 0 Å². The summed E-state index contributed by atoms with van der Waals surface area (Å²) >= 11 is 4.79. The Bertz CT molecular complexity index is 309. The van der Waals surface area contributed by atoms with Crippen LogP contribution in [-0.4, -0.2) is 23.1 Å². The first kappa shape index (κ1) is 14.5. The number of amides is 2. The van der Waals surface area contributed by atoms with Crippen LogP contribution in [-0.2, 0) is 9.59 Å². The average molecular weight is 244 g/mol. The first-order valence-electron chi connectivity index (χ1n) is 4.66. The van der Waals surface area contributed by atoms with E-state index in [9.17, 15) is 9.59 Å². The minimum atomic E-state index is -0.551. The summed E-state index contributed by atoms with van der Waals surface area (Å²) in [5, 5.41) is 9.15. The van der Waals surface area contributed by atoms with Crippen molar-refractivity contribution in [1.29, 1.82) is 5.41 Å². The third-order valence-corrected chi connectivity index (χ3v) is 1.72. The van der Waals surface area contributed by atoms with Gasteiger partial charge in [-0.3, -0.25) is 20.4 Å². The Kier molecular flexibility index (Phi) is 5.59. The summed E-state index contributed by atoms with van der Waals surface area (Å²) in [6.45, 7) is 5.25. The van der Waals surface area contributed by atoms with E-state index in [1.807, 2.05) is 0 Å². The van der Waals surface area contributed by atoms with Crippen LogP contribution in [0.5, 0.6) is 0 Å². The third kappa shape index (κ3) is 6.07. The highest BCUT2D eigenvalue weighted by atomic mass is 32.1. The van der Waals surface area contributed by atoms with Crippen molar-refractivity contribution in [3.8, 4) is 0 Å². The SMILES string of the molecule is CC(C)(C)C(=O)NC(=S)NNC(=O)CC=N. The number of hydrogen-bond donors (Lipinski definition) is 4. The predicted octanol–water partition coefficient (Wildman–Crippen LogP) is 0.0941. The van der Waals surface area contributed by atoms with Crippen molar-refractivity contribution < 1.29 is 9.59 Å². The first-order valence-corrected chi connectivity index (χ1v) is 5.07. The second-order valence-electron chi connectivity index (χ2n) is 4.11. The van der Waals surface area contributed by atoms with Crippen molar-refractivity contribution in [3.63, 3.8) is 0 Å². The quantitative estimate of drug-likeness (QED) is 0.315. The number of carbonyl (C=O) groups excluding carboxylic acids is 2. The Labute approximate surface area is 99.6 Å². The van der Waals surface area contributed by atoms with E-state index < -0.39 is 11.3 Å². The summed E-state index contributed by atoms with van der Waals surface area (Å²) in [6, 6.07) is 0. The van der Waals surface area contributed by atoms with E-state index in [4.69, 9.17) is 17.6 Å². The van der Waals surface area contributed by atoms with Gasteiger partial charge in [0, 0.05) is 11.6 Å². The largest absolute Gasteiger partial charge is 0.313 e. The average Bonchev–Trinajstić information content (AvgIpc) is 2.13. The molecular weight excluding hydrogens is 228 g/mol. The van der Waals surface area contributed by atoms with Gasteiger partial charge in [0.15, 0.2) is 5.11 Å². The molecule has 0 aromatic carbocycles. The van der Waals surface area contributed by atoms with E-state index in [1.165, 1.54) is 0 Å². The van der Waals surface area contributed by atoms with Crippen molar-refractivity contribution in [3.05, 3.63) is 0 Å². The first-order chi connectivity index (χ1) is 7.27. The molecule has 0 atom stereocenters. The molecule has 0 fully saturated rings. The molecule has 0 rings (SSSR count). The molecule has 0 aromatic rings. The van der Waals surface area contributed by atoms with Gasteiger partial charge in [-0.1, -0.05) is 20.8 Å². The zero-order chi connectivity index (χ0) is 12.8. The Morgan fingerprint density at radius 2 is 1.88 bits per heavy atom. The smallest absolute Gasteiger partial charge is 0.243 e. The van der Waals surface area contributed by atoms with Crippen LogP contribution in [0.2, 0.25) is 0 Å². The van der Waals surface area contributed by atoms with Gasteiger partial charge in [-0.05, 0) is 12.2 Å². The van der Waals surface area contributed by atoms with Crippen molar-refractivity contribution in [1.82, 2.24) is 16.2 Å². The lowest BCUT2D eigenvalue weighted by molar-refractivity contribution is -0.127. The molecule has 2 amide bonds. The standard InChI is InChI=1S/C9H16N4O2S/c1-9(2,3)7(15)11-8(16)13-12-6(14)4-5-10/h5,10H,4H2,1-3H3,(H,12,14)(H2,11,13,15,16). The Hall–Kier alpha value is -1.50. The van der Waals surface area contributed by atoms with Crippen molar-refractivity contribution in [2.75, 3.05) is 0 Å². The molecule has 90 valence electrons. The van der Waals surface area contributed by atoms with Crippen LogP contribution in [0, 0.1) is 10.8 Å². The maximum absolute atomic E-state index is 11.5. The maximum atomic E-state index is 11.5. The van der Waals surface area contributed by atoms with E-state index in [0.717, 1.165) is 6.21 Å². The van der Waals surface area contributed by atoms with Crippen LogP contribution in [0.15, 0.2) is 0 Å². The van der Waals surface area contributed by atoms with Gasteiger partial charge in [0.05, 0.1) is 6.42 Å². The molecule has 0 unspecified atom stereocenters. The Morgan fingerprint density at radius 1 is 1.31 bits per heavy atom. The van der Waals surface area contributed by atoms with Crippen LogP contribution in [0.3, 0.4) is 0 Å². The fourth-order valence-corrected chi connectivity index (χ4v) is 0.736. The molecule has 0 radical (unpaired) electrons. The van der Waals surface area contributed by atoms with Crippen LogP contribution in [0.25, 0.3) is 0 Å². The summed E-state index contributed by atoms with van der Waals surface area (Å²) < 4.78 is 0. The lowest BCUT2D eigenvalue weighted by Crippen LogP contribution is -2.50. The van der Waals surface area contributed by atoms with Crippen LogP contribution >= 0.6 is 12.2 Å². The van der Waals surface area contributed by atoms with Crippen LogP contribution in [0.1, 0.15) is 27.2 Å². The molecule has 0 saturated heterocycles. The fraction of sp³-hybridized carbons (Fsp3) is 0.556. The lowest BCUT2D eigenvalue weighted by Gasteiger charge is -2.18. The topological polar surface area (TPSA) is 94.1 Å². The second-order valence-corrected chi connectivity index (χ2v) is 4.52. The van der Waals surface area contributed by atoms with Crippen LogP contribution < -0.4 is 16.2 Å². The monoisotopic (exact) mass is 244 g/mol. The highest BCUT2D eigenvalue weighted by Gasteiger charge is 2.21. The molecule has 0 spiro atoms. The Morgan fingerprint density at radius 3 is 2.31 bits per heavy atom. The predicted molar refractivity (Wildman–Crippen MR) is 64.9 cm³/mol. The molecule has 16 heavy (non-hydrogen) atoms. The van der Waals surface area contributed by atoms with Crippen molar-refractivity contribution in [2.45, 2.75) is 27.2 Å². The molecule has 7 heteroatoms. The summed E-state index contributed by atoms with van der Waals surface area (Å²) in [4.78, 5) is 22.4.